The first-order chi connectivity index (χ1) is 8.78. The predicted octanol–water partition coefficient (Wildman–Crippen LogP) is 2.48. The average Bonchev–Trinajstić information content (AvgIpc) is 2.82. The number of hydrogen-bond acceptors (Lipinski definition) is 5. The lowest BCUT2D eigenvalue weighted by molar-refractivity contribution is 0.417. The van der Waals surface area contributed by atoms with Crippen LogP contribution in [0.4, 0.5) is 5.69 Å². The number of pyridine rings is 1. The van der Waals surface area contributed by atoms with Gasteiger partial charge in [-0.2, -0.15) is 4.98 Å². The number of aromatic nitrogens is 2. The zero-order valence-electron chi connectivity index (χ0n) is 9.75. The highest BCUT2D eigenvalue weighted by molar-refractivity contribution is 5.73. The number of hydrogen-bond donors (Lipinski definition) is 1. The molecule has 0 saturated carbocycles. The van der Waals surface area contributed by atoms with E-state index in [1.54, 1.807) is 31.5 Å². The van der Waals surface area contributed by atoms with E-state index in [0.29, 0.717) is 28.6 Å². The summed E-state index contributed by atoms with van der Waals surface area (Å²) in [5.74, 6) is 1.13. The van der Waals surface area contributed by atoms with Crippen molar-refractivity contribution in [3.8, 4) is 17.2 Å². The van der Waals surface area contributed by atoms with Crippen molar-refractivity contribution in [3.63, 3.8) is 0 Å². The van der Waals surface area contributed by atoms with Crippen molar-refractivity contribution in [2.45, 2.75) is 0 Å². The van der Waals surface area contributed by atoms with Crippen LogP contribution < -0.4 is 10.5 Å². The van der Waals surface area contributed by atoms with Crippen molar-refractivity contribution in [2.24, 2.45) is 0 Å². The van der Waals surface area contributed by atoms with Crippen LogP contribution in [0.25, 0.3) is 22.7 Å². The maximum Gasteiger partial charge on any atom is 0.228 e. The molecule has 0 aliphatic rings. The first-order valence-corrected chi connectivity index (χ1v) is 5.43. The van der Waals surface area contributed by atoms with Crippen molar-refractivity contribution in [2.75, 3.05) is 12.8 Å². The monoisotopic (exact) mass is 241 g/mol. The molecule has 3 rings (SSSR count). The quantitative estimate of drug-likeness (QED) is 0.697. The molecule has 2 aromatic heterocycles. The Morgan fingerprint density at radius 2 is 2.17 bits per heavy atom. The van der Waals surface area contributed by atoms with Gasteiger partial charge >= 0.3 is 0 Å². The van der Waals surface area contributed by atoms with Gasteiger partial charge in [-0.25, -0.2) is 4.98 Å². The van der Waals surface area contributed by atoms with Gasteiger partial charge in [0.25, 0.3) is 0 Å². The summed E-state index contributed by atoms with van der Waals surface area (Å²) < 4.78 is 10.7. The van der Waals surface area contributed by atoms with Gasteiger partial charge in [0.15, 0.2) is 11.2 Å². The third kappa shape index (κ3) is 1.66. The summed E-state index contributed by atoms with van der Waals surface area (Å²) in [6, 6.07) is 9.03. The van der Waals surface area contributed by atoms with Gasteiger partial charge in [-0.05, 0) is 30.3 Å². The van der Waals surface area contributed by atoms with Crippen molar-refractivity contribution >= 4 is 16.9 Å². The molecule has 0 bridgehead atoms. The summed E-state index contributed by atoms with van der Waals surface area (Å²) in [5, 5.41) is 0. The Hall–Kier alpha value is -2.56. The first-order valence-electron chi connectivity index (χ1n) is 5.43. The molecule has 0 spiro atoms. The molecule has 0 aliphatic heterocycles. The van der Waals surface area contributed by atoms with Gasteiger partial charge in [0.2, 0.25) is 5.89 Å². The van der Waals surface area contributed by atoms with E-state index in [4.69, 9.17) is 14.9 Å². The number of rotatable bonds is 2. The normalized spacial score (nSPS) is 10.7. The fourth-order valence-corrected chi connectivity index (χ4v) is 1.76. The summed E-state index contributed by atoms with van der Waals surface area (Å²) in [4.78, 5) is 8.43. The van der Waals surface area contributed by atoms with E-state index in [9.17, 15) is 0 Å². The fraction of sp³-hybridized carbons (Fsp3) is 0.0769. The Morgan fingerprint density at radius 3 is 2.89 bits per heavy atom. The number of nitrogens with two attached hydrogens (primary N) is 1. The zero-order chi connectivity index (χ0) is 12.5. The number of oxazole rings is 1. The summed E-state index contributed by atoms with van der Waals surface area (Å²) in [7, 11) is 1.58. The second kappa shape index (κ2) is 4.03. The molecule has 5 nitrogen and oxygen atoms in total. The molecule has 18 heavy (non-hydrogen) atoms. The van der Waals surface area contributed by atoms with E-state index in [1.165, 1.54) is 0 Å². The summed E-state index contributed by atoms with van der Waals surface area (Å²) in [6.07, 6.45) is 1.68. The number of benzene rings is 1. The van der Waals surface area contributed by atoms with E-state index in [-0.39, 0.29) is 0 Å². The fourth-order valence-electron chi connectivity index (χ4n) is 1.76. The second-order valence-electron chi connectivity index (χ2n) is 3.80. The SMILES string of the molecule is COc1ccc(-c2nc3ncccc3o2)cc1N. The van der Waals surface area contributed by atoms with Crippen LogP contribution in [0, 0.1) is 0 Å². The smallest absolute Gasteiger partial charge is 0.228 e. The highest BCUT2D eigenvalue weighted by Gasteiger charge is 2.10. The second-order valence-corrected chi connectivity index (χ2v) is 3.80. The van der Waals surface area contributed by atoms with Gasteiger partial charge in [0.1, 0.15) is 5.75 Å². The molecule has 0 saturated heterocycles. The van der Waals surface area contributed by atoms with Gasteiger partial charge < -0.3 is 14.9 Å². The van der Waals surface area contributed by atoms with Gasteiger partial charge in [0.05, 0.1) is 12.8 Å². The first kappa shape index (κ1) is 10.6. The van der Waals surface area contributed by atoms with Crippen LogP contribution in [-0.4, -0.2) is 17.1 Å². The minimum absolute atomic E-state index is 0.498. The van der Waals surface area contributed by atoms with Gasteiger partial charge in [0, 0.05) is 11.8 Å². The average molecular weight is 241 g/mol. The Morgan fingerprint density at radius 1 is 1.28 bits per heavy atom. The summed E-state index contributed by atoms with van der Waals surface area (Å²) >= 11 is 0. The number of nitrogens with zero attached hydrogens (tertiary/aromatic N) is 2. The van der Waals surface area contributed by atoms with Gasteiger partial charge in [-0.15, -0.1) is 0 Å². The van der Waals surface area contributed by atoms with Crippen LogP contribution in [0.5, 0.6) is 5.75 Å². The molecular formula is C13H11N3O2. The molecule has 1 aromatic carbocycles. The van der Waals surface area contributed by atoms with Crippen LogP contribution in [0.3, 0.4) is 0 Å². The van der Waals surface area contributed by atoms with Crippen molar-refractivity contribution in [1.82, 2.24) is 9.97 Å². The molecule has 0 unspecified atom stereocenters. The lowest BCUT2D eigenvalue weighted by Crippen LogP contribution is -1.92. The molecule has 0 aliphatic carbocycles. The highest BCUT2D eigenvalue weighted by Crippen LogP contribution is 2.29. The number of nitrogen functional groups attached to an aromatic ring is 1. The lowest BCUT2D eigenvalue weighted by Gasteiger charge is -2.04. The van der Waals surface area contributed by atoms with E-state index in [1.807, 2.05) is 12.1 Å². The maximum absolute atomic E-state index is 5.85. The Bertz CT molecular complexity index is 673. The van der Waals surface area contributed by atoms with Crippen LogP contribution in [0.2, 0.25) is 0 Å². The molecule has 90 valence electrons. The number of fused-ring (bicyclic) bond motifs is 1. The maximum atomic E-state index is 5.85. The Labute approximate surface area is 103 Å². The third-order valence-electron chi connectivity index (χ3n) is 2.64. The molecule has 5 heteroatoms. The number of methoxy groups -OCH3 is 1. The van der Waals surface area contributed by atoms with E-state index >= 15 is 0 Å². The summed E-state index contributed by atoms with van der Waals surface area (Å²) in [6.45, 7) is 0. The largest absolute Gasteiger partial charge is 0.495 e. The van der Waals surface area contributed by atoms with E-state index in [2.05, 4.69) is 9.97 Å². The van der Waals surface area contributed by atoms with Crippen LogP contribution >= 0.6 is 0 Å². The molecule has 0 radical (unpaired) electrons. The standard InChI is InChI=1S/C13H11N3O2/c1-17-10-5-4-8(7-9(10)14)13-16-12-11(18-13)3-2-6-15-12/h2-7H,14H2,1H3. The van der Waals surface area contributed by atoms with Gasteiger partial charge in [-0.1, -0.05) is 0 Å². The molecular weight excluding hydrogens is 230 g/mol. The highest BCUT2D eigenvalue weighted by atomic mass is 16.5. The van der Waals surface area contributed by atoms with E-state index in [0.717, 1.165) is 5.56 Å². The van der Waals surface area contributed by atoms with Crippen LogP contribution in [-0.2, 0) is 0 Å². The van der Waals surface area contributed by atoms with Crippen molar-refractivity contribution in [1.29, 1.82) is 0 Å². The molecule has 2 N–H and O–H groups in total. The summed E-state index contributed by atoms with van der Waals surface area (Å²) in [5.41, 5.74) is 8.44. The molecule has 3 aromatic rings. The number of ether oxygens (including phenoxy) is 1. The molecule has 0 amide bonds. The molecule has 2 heterocycles. The molecule has 0 fully saturated rings. The van der Waals surface area contributed by atoms with Crippen LogP contribution in [0.15, 0.2) is 40.9 Å². The van der Waals surface area contributed by atoms with Crippen LogP contribution in [0.1, 0.15) is 0 Å². The van der Waals surface area contributed by atoms with Gasteiger partial charge in [-0.3, -0.25) is 0 Å². The molecule has 0 atom stereocenters. The van der Waals surface area contributed by atoms with E-state index < -0.39 is 0 Å². The third-order valence-corrected chi connectivity index (χ3v) is 2.64. The van der Waals surface area contributed by atoms with Crippen molar-refractivity contribution in [3.05, 3.63) is 36.5 Å². The Balaban J connectivity index is 2.11. The number of anilines is 1. The predicted molar refractivity (Wildman–Crippen MR) is 68.2 cm³/mol. The van der Waals surface area contributed by atoms with Crippen molar-refractivity contribution < 1.29 is 9.15 Å². The Kier molecular flexibility index (Phi) is 2.37. The zero-order valence-corrected chi connectivity index (χ0v) is 9.75. The lowest BCUT2D eigenvalue weighted by atomic mass is 10.2. The minimum atomic E-state index is 0.498. The minimum Gasteiger partial charge on any atom is -0.495 e. The topological polar surface area (TPSA) is 74.2 Å².